The largest absolute Gasteiger partial charge is 0.478 e. The van der Waals surface area contributed by atoms with Crippen LogP contribution >= 0.6 is 0 Å². The van der Waals surface area contributed by atoms with E-state index in [1.54, 1.807) is 28.9 Å². The van der Waals surface area contributed by atoms with Gasteiger partial charge in [-0.15, -0.1) is 5.10 Å². The fraction of sp³-hybridized carbons (Fsp3) is 0.133. The molecule has 6 heteroatoms. The number of aromatic nitrogens is 3. The molecule has 1 aromatic heterocycles. The molecule has 3 aromatic rings. The summed E-state index contributed by atoms with van der Waals surface area (Å²) in [5.41, 5.74) is 2.18. The highest BCUT2D eigenvalue weighted by Crippen LogP contribution is 2.16. The normalized spacial score (nSPS) is 10.9. The van der Waals surface area contributed by atoms with E-state index < -0.39 is 5.97 Å². The second-order valence-electron chi connectivity index (χ2n) is 4.67. The van der Waals surface area contributed by atoms with Gasteiger partial charge < -0.3 is 5.11 Å². The molecule has 0 aliphatic rings. The van der Waals surface area contributed by atoms with E-state index in [0.29, 0.717) is 24.0 Å². The van der Waals surface area contributed by atoms with Crippen molar-refractivity contribution in [1.29, 1.82) is 0 Å². The highest BCUT2D eigenvalue weighted by Gasteiger charge is 2.13. The van der Waals surface area contributed by atoms with E-state index in [1.807, 2.05) is 0 Å². The summed E-state index contributed by atoms with van der Waals surface area (Å²) in [5.74, 6) is -1.29. The summed E-state index contributed by atoms with van der Waals surface area (Å²) in [6, 6.07) is 11.2. The molecule has 0 amide bonds. The number of hydrogen-bond donors (Lipinski definition) is 1. The van der Waals surface area contributed by atoms with Crippen LogP contribution < -0.4 is 0 Å². The van der Waals surface area contributed by atoms with E-state index in [1.165, 1.54) is 18.2 Å². The van der Waals surface area contributed by atoms with Gasteiger partial charge in [0.25, 0.3) is 0 Å². The van der Waals surface area contributed by atoms with Crippen LogP contribution in [0, 0.1) is 5.82 Å². The molecule has 0 aliphatic heterocycles. The third-order valence-electron chi connectivity index (χ3n) is 3.30. The number of aryl methyl sites for hydroxylation is 2. The molecule has 0 aliphatic carbocycles. The van der Waals surface area contributed by atoms with Crippen LogP contribution in [-0.4, -0.2) is 26.1 Å². The number of carboxylic acid groups (broad SMARTS) is 1. The molecule has 0 fully saturated rings. The minimum atomic E-state index is -1.02. The number of aromatic carboxylic acids is 1. The summed E-state index contributed by atoms with van der Waals surface area (Å²) in [6.07, 6.45) is 0.663. The summed E-state index contributed by atoms with van der Waals surface area (Å²) in [5, 5.41) is 17.1. The van der Waals surface area contributed by atoms with Gasteiger partial charge in [-0.2, -0.15) is 0 Å². The first-order chi connectivity index (χ1) is 10.1. The molecular weight excluding hydrogens is 273 g/mol. The Hall–Kier alpha value is -2.76. The van der Waals surface area contributed by atoms with Crippen molar-refractivity contribution in [1.82, 2.24) is 15.0 Å². The van der Waals surface area contributed by atoms with Gasteiger partial charge in [-0.25, -0.2) is 13.9 Å². The van der Waals surface area contributed by atoms with Crippen LogP contribution in [0.5, 0.6) is 0 Å². The summed E-state index contributed by atoms with van der Waals surface area (Å²) < 4.78 is 14.5. The lowest BCUT2D eigenvalue weighted by Gasteiger charge is -2.03. The minimum Gasteiger partial charge on any atom is -0.478 e. The topological polar surface area (TPSA) is 68.0 Å². The van der Waals surface area contributed by atoms with Crippen LogP contribution in [0.15, 0.2) is 42.5 Å². The first-order valence-electron chi connectivity index (χ1n) is 6.45. The van der Waals surface area contributed by atoms with Gasteiger partial charge in [0.2, 0.25) is 0 Å². The van der Waals surface area contributed by atoms with E-state index in [9.17, 15) is 9.18 Å². The Morgan fingerprint density at radius 1 is 1.19 bits per heavy atom. The van der Waals surface area contributed by atoms with E-state index >= 15 is 0 Å². The van der Waals surface area contributed by atoms with E-state index in [2.05, 4.69) is 10.3 Å². The van der Waals surface area contributed by atoms with Gasteiger partial charge in [0, 0.05) is 6.54 Å². The van der Waals surface area contributed by atoms with Crippen LogP contribution in [0.25, 0.3) is 11.0 Å². The number of hydrogen-bond acceptors (Lipinski definition) is 3. The SMILES string of the molecule is O=C(O)c1cccc2c1nnn2CCc1ccc(F)cc1. The average Bonchev–Trinajstić information content (AvgIpc) is 2.89. The predicted molar refractivity (Wildman–Crippen MR) is 74.6 cm³/mol. The molecule has 21 heavy (non-hydrogen) atoms. The van der Waals surface area contributed by atoms with Crippen molar-refractivity contribution in [3.63, 3.8) is 0 Å². The van der Waals surface area contributed by atoms with Crippen molar-refractivity contribution in [3.8, 4) is 0 Å². The van der Waals surface area contributed by atoms with Crippen molar-refractivity contribution >= 4 is 17.0 Å². The Morgan fingerprint density at radius 3 is 2.67 bits per heavy atom. The number of carbonyl (C=O) groups is 1. The zero-order valence-corrected chi connectivity index (χ0v) is 11.0. The Bertz CT molecular complexity index is 796. The molecule has 0 unspecified atom stereocenters. The molecule has 0 atom stereocenters. The van der Waals surface area contributed by atoms with Gasteiger partial charge in [0.05, 0.1) is 11.1 Å². The highest BCUT2D eigenvalue weighted by atomic mass is 19.1. The lowest BCUT2D eigenvalue weighted by Crippen LogP contribution is -2.03. The van der Waals surface area contributed by atoms with E-state index in [-0.39, 0.29) is 11.4 Å². The zero-order valence-electron chi connectivity index (χ0n) is 11.0. The van der Waals surface area contributed by atoms with Crippen LogP contribution in [0.3, 0.4) is 0 Å². The van der Waals surface area contributed by atoms with Crippen LogP contribution in [0.4, 0.5) is 4.39 Å². The monoisotopic (exact) mass is 285 g/mol. The molecule has 5 nitrogen and oxygen atoms in total. The van der Waals surface area contributed by atoms with Crippen LogP contribution in [0.2, 0.25) is 0 Å². The number of carboxylic acids is 1. The maximum absolute atomic E-state index is 12.8. The van der Waals surface area contributed by atoms with Crippen LogP contribution in [-0.2, 0) is 13.0 Å². The third kappa shape index (κ3) is 2.60. The quantitative estimate of drug-likeness (QED) is 0.799. The lowest BCUT2D eigenvalue weighted by molar-refractivity contribution is 0.0699. The number of fused-ring (bicyclic) bond motifs is 1. The second kappa shape index (κ2) is 5.32. The van der Waals surface area contributed by atoms with Gasteiger partial charge in [-0.05, 0) is 36.2 Å². The molecule has 0 bridgehead atoms. The Morgan fingerprint density at radius 2 is 1.95 bits per heavy atom. The number of benzene rings is 2. The Labute approximate surface area is 119 Å². The molecule has 2 aromatic carbocycles. The Balaban J connectivity index is 1.86. The second-order valence-corrected chi connectivity index (χ2v) is 4.67. The van der Waals surface area contributed by atoms with Crippen molar-refractivity contribution < 1.29 is 14.3 Å². The molecular formula is C15H12FN3O2. The van der Waals surface area contributed by atoms with Gasteiger partial charge >= 0.3 is 5.97 Å². The van der Waals surface area contributed by atoms with Gasteiger partial charge in [-0.3, -0.25) is 0 Å². The fourth-order valence-electron chi connectivity index (χ4n) is 2.22. The van der Waals surface area contributed by atoms with Crippen molar-refractivity contribution in [3.05, 3.63) is 59.4 Å². The Kier molecular flexibility index (Phi) is 3.35. The van der Waals surface area contributed by atoms with Crippen LogP contribution in [0.1, 0.15) is 15.9 Å². The number of nitrogens with zero attached hydrogens (tertiary/aromatic N) is 3. The smallest absolute Gasteiger partial charge is 0.338 e. The lowest BCUT2D eigenvalue weighted by atomic mass is 10.1. The first kappa shape index (κ1) is 13.2. The fourth-order valence-corrected chi connectivity index (χ4v) is 2.22. The van der Waals surface area contributed by atoms with E-state index in [0.717, 1.165) is 5.56 Å². The standard InChI is InChI=1S/C15H12FN3O2/c16-11-6-4-10(5-7-11)8-9-19-13-3-1-2-12(15(20)21)14(13)17-18-19/h1-7H,8-9H2,(H,20,21). The van der Waals surface area contributed by atoms with Crippen molar-refractivity contribution in [2.45, 2.75) is 13.0 Å². The molecule has 0 saturated carbocycles. The number of rotatable bonds is 4. The zero-order chi connectivity index (χ0) is 14.8. The number of halogens is 1. The summed E-state index contributed by atoms with van der Waals surface area (Å²) in [4.78, 5) is 11.1. The van der Waals surface area contributed by atoms with E-state index in [4.69, 9.17) is 5.11 Å². The maximum atomic E-state index is 12.8. The van der Waals surface area contributed by atoms with Crippen molar-refractivity contribution in [2.75, 3.05) is 0 Å². The first-order valence-corrected chi connectivity index (χ1v) is 6.45. The maximum Gasteiger partial charge on any atom is 0.338 e. The summed E-state index contributed by atoms with van der Waals surface area (Å²) >= 11 is 0. The highest BCUT2D eigenvalue weighted by molar-refractivity contribution is 6.00. The summed E-state index contributed by atoms with van der Waals surface area (Å²) in [7, 11) is 0. The molecule has 3 rings (SSSR count). The molecule has 0 spiro atoms. The average molecular weight is 285 g/mol. The molecule has 1 N–H and O–H groups in total. The third-order valence-corrected chi connectivity index (χ3v) is 3.30. The molecule has 1 heterocycles. The van der Waals surface area contributed by atoms with Gasteiger partial charge in [0.1, 0.15) is 11.3 Å². The van der Waals surface area contributed by atoms with Gasteiger partial charge in [-0.1, -0.05) is 23.4 Å². The van der Waals surface area contributed by atoms with Gasteiger partial charge in [0.15, 0.2) is 0 Å². The molecule has 0 saturated heterocycles. The van der Waals surface area contributed by atoms with Crippen molar-refractivity contribution in [2.24, 2.45) is 0 Å². The molecule has 0 radical (unpaired) electrons. The molecule has 106 valence electrons. The minimum absolute atomic E-state index is 0.139. The summed E-state index contributed by atoms with van der Waals surface area (Å²) in [6.45, 7) is 0.547. The predicted octanol–water partition coefficient (Wildman–Crippen LogP) is 2.51.